The molecule has 0 atom stereocenters. The summed E-state index contributed by atoms with van der Waals surface area (Å²) in [5, 5.41) is 8.98. The molecule has 0 heterocycles. The van der Waals surface area contributed by atoms with Crippen molar-refractivity contribution in [2.45, 2.75) is 19.3 Å². The fourth-order valence-electron chi connectivity index (χ4n) is 1.38. The van der Waals surface area contributed by atoms with Crippen molar-refractivity contribution in [1.82, 2.24) is 0 Å². The number of primary amides is 1. The lowest BCUT2D eigenvalue weighted by Crippen LogP contribution is -2.10. The van der Waals surface area contributed by atoms with Crippen LogP contribution < -0.4 is 10.5 Å². The van der Waals surface area contributed by atoms with E-state index >= 15 is 0 Å². The molecule has 0 aliphatic heterocycles. The van der Waals surface area contributed by atoms with Crippen LogP contribution in [-0.4, -0.2) is 23.6 Å². The number of carbonyl (C=O) groups excluding carboxylic acids is 1. The fourth-order valence-corrected chi connectivity index (χ4v) is 1.72. The zero-order chi connectivity index (χ0) is 13.5. The van der Waals surface area contributed by atoms with Gasteiger partial charge in [-0.15, -0.1) is 0 Å². The molecule has 0 saturated heterocycles. The Balaban J connectivity index is 2.53. The second-order valence-electron chi connectivity index (χ2n) is 3.72. The number of halogens is 1. The molecule has 5 nitrogen and oxygen atoms in total. The Morgan fingerprint density at radius 2 is 2.06 bits per heavy atom. The van der Waals surface area contributed by atoms with E-state index in [2.05, 4.69) is 15.9 Å². The number of carboxylic acid groups (broad SMARTS) is 1. The summed E-state index contributed by atoms with van der Waals surface area (Å²) in [5.74, 6) is -1.06. The number of ether oxygens (including phenoxy) is 1. The summed E-state index contributed by atoms with van der Waals surface area (Å²) >= 11 is 3.25. The number of unbranched alkanes of at least 4 members (excludes halogenated alkanes) is 1. The minimum atomic E-state index is -1.03. The van der Waals surface area contributed by atoms with Gasteiger partial charge < -0.3 is 15.6 Å². The Labute approximate surface area is 113 Å². The smallest absolute Gasteiger partial charge is 0.339 e. The van der Waals surface area contributed by atoms with Crippen LogP contribution in [0.3, 0.4) is 0 Å². The second kappa shape index (κ2) is 7.00. The molecule has 0 spiro atoms. The van der Waals surface area contributed by atoms with Crippen molar-refractivity contribution < 1.29 is 19.4 Å². The number of carbonyl (C=O) groups is 2. The molecule has 1 aromatic carbocycles. The molecule has 0 unspecified atom stereocenters. The second-order valence-corrected chi connectivity index (χ2v) is 4.63. The van der Waals surface area contributed by atoms with E-state index < -0.39 is 5.97 Å². The van der Waals surface area contributed by atoms with Gasteiger partial charge in [0.25, 0.3) is 0 Å². The summed E-state index contributed by atoms with van der Waals surface area (Å²) in [6, 6.07) is 4.73. The van der Waals surface area contributed by atoms with Crippen molar-refractivity contribution in [1.29, 1.82) is 0 Å². The quantitative estimate of drug-likeness (QED) is 0.755. The van der Waals surface area contributed by atoms with Gasteiger partial charge >= 0.3 is 5.97 Å². The molecule has 3 N–H and O–H groups in total. The van der Waals surface area contributed by atoms with Crippen LogP contribution in [0, 0.1) is 0 Å². The molecule has 0 aromatic heterocycles. The van der Waals surface area contributed by atoms with E-state index in [0.717, 1.165) is 4.47 Å². The van der Waals surface area contributed by atoms with Crippen molar-refractivity contribution in [3.8, 4) is 5.75 Å². The highest BCUT2D eigenvalue weighted by atomic mass is 79.9. The first kappa shape index (κ1) is 14.5. The Bertz CT molecular complexity index is 448. The van der Waals surface area contributed by atoms with E-state index in [9.17, 15) is 9.59 Å². The van der Waals surface area contributed by atoms with Crippen LogP contribution in [0.5, 0.6) is 5.75 Å². The van der Waals surface area contributed by atoms with E-state index in [4.69, 9.17) is 15.6 Å². The minimum Gasteiger partial charge on any atom is -0.493 e. The van der Waals surface area contributed by atoms with Crippen molar-refractivity contribution in [3.63, 3.8) is 0 Å². The molecule has 1 rings (SSSR count). The van der Waals surface area contributed by atoms with E-state index in [1.165, 1.54) is 6.07 Å². The summed E-state index contributed by atoms with van der Waals surface area (Å²) in [5.41, 5.74) is 5.12. The minimum absolute atomic E-state index is 0.119. The summed E-state index contributed by atoms with van der Waals surface area (Å²) < 4.78 is 6.15. The molecule has 0 aliphatic rings. The van der Waals surface area contributed by atoms with E-state index in [-0.39, 0.29) is 11.5 Å². The summed E-state index contributed by atoms with van der Waals surface area (Å²) in [7, 11) is 0. The van der Waals surface area contributed by atoms with Gasteiger partial charge in [0, 0.05) is 10.9 Å². The van der Waals surface area contributed by atoms with Gasteiger partial charge in [-0.25, -0.2) is 4.79 Å². The van der Waals surface area contributed by atoms with Crippen LogP contribution in [0.1, 0.15) is 29.6 Å². The highest BCUT2D eigenvalue weighted by molar-refractivity contribution is 9.10. The summed E-state index contributed by atoms with van der Waals surface area (Å²) in [6.45, 7) is 0.351. The predicted molar refractivity (Wildman–Crippen MR) is 69.6 cm³/mol. The number of hydrogen-bond donors (Lipinski definition) is 2. The van der Waals surface area contributed by atoms with Crippen LogP contribution in [0.15, 0.2) is 22.7 Å². The average Bonchev–Trinajstić information content (AvgIpc) is 2.27. The first-order valence-corrected chi connectivity index (χ1v) is 6.24. The monoisotopic (exact) mass is 315 g/mol. The Morgan fingerprint density at radius 1 is 1.33 bits per heavy atom. The fraction of sp³-hybridized carbons (Fsp3) is 0.333. The zero-order valence-electron chi connectivity index (χ0n) is 9.69. The predicted octanol–water partition coefficient (Wildman–Crippen LogP) is 2.18. The first-order chi connectivity index (χ1) is 8.50. The van der Waals surface area contributed by atoms with Gasteiger partial charge in [0.05, 0.1) is 6.61 Å². The Kier molecular flexibility index (Phi) is 5.64. The third-order valence-electron chi connectivity index (χ3n) is 2.25. The number of nitrogens with two attached hydrogens (primary N) is 1. The van der Waals surface area contributed by atoms with Gasteiger partial charge in [-0.1, -0.05) is 15.9 Å². The third-order valence-corrected chi connectivity index (χ3v) is 2.74. The van der Waals surface area contributed by atoms with Crippen LogP contribution in [0.2, 0.25) is 0 Å². The van der Waals surface area contributed by atoms with Gasteiger partial charge in [0.1, 0.15) is 11.3 Å². The number of amides is 1. The molecule has 1 amide bonds. The summed E-state index contributed by atoms with van der Waals surface area (Å²) in [4.78, 5) is 21.5. The highest BCUT2D eigenvalue weighted by Crippen LogP contribution is 2.24. The normalized spacial score (nSPS) is 10.1. The largest absolute Gasteiger partial charge is 0.493 e. The number of rotatable bonds is 7. The number of hydrogen-bond acceptors (Lipinski definition) is 3. The van der Waals surface area contributed by atoms with Gasteiger partial charge in [0.2, 0.25) is 5.91 Å². The molecule has 0 bridgehead atoms. The average molecular weight is 316 g/mol. The third kappa shape index (κ3) is 4.75. The molecular weight excluding hydrogens is 302 g/mol. The molecule has 1 aromatic rings. The standard InChI is InChI=1S/C12H14BrNO4/c13-8-4-5-9(12(16)17)10(7-8)18-6-2-1-3-11(14)15/h4-5,7H,1-3,6H2,(H2,14,15)(H,16,17). The van der Waals surface area contributed by atoms with Crippen LogP contribution in [-0.2, 0) is 4.79 Å². The van der Waals surface area contributed by atoms with Crippen molar-refractivity contribution in [3.05, 3.63) is 28.2 Å². The molecule has 98 valence electrons. The van der Waals surface area contributed by atoms with Crippen molar-refractivity contribution >= 4 is 27.8 Å². The Hall–Kier alpha value is -1.56. The van der Waals surface area contributed by atoms with Gasteiger partial charge in [-0.3, -0.25) is 4.79 Å². The first-order valence-electron chi connectivity index (χ1n) is 5.44. The molecule has 0 radical (unpaired) electrons. The van der Waals surface area contributed by atoms with E-state index in [0.29, 0.717) is 31.6 Å². The van der Waals surface area contributed by atoms with Gasteiger partial charge in [-0.2, -0.15) is 0 Å². The molecule has 0 fully saturated rings. The lowest BCUT2D eigenvalue weighted by atomic mass is 10.2. The van der Waals surface area contributed by atoms with E-state index in [1.54, 1.807) is 12.1 Å². The van der Waals surface area contributed by atoms with Gasteiger partial charge in [0.15, 0.2) is 0 Å². The topological polar surface area (TPSA) is 89.6 Å². The molecule has 0 aliphatic carbocycles. The number of aromatic carboxylic acids is 1. The van der Waals surface area contributed by atoms with E-state index in [1.807, 2.05) is 0 Å². The molecule has 18 heavy (non-hydrogen) atoms. The zero-order valence-corrected chi connectivity index (χ0v) is 11.3. The Morgan fingerprint density at radius 3 is 2.67 bits per heavy atom. The van der Waals surface area contributed by atoms with Crippen molar-refractivity contribution in [2.24, 2.45) is 5.73 Å². The summed E-state index contributed by atoms with van der Waals surface area (Å²) in [6.07, 6.45) is 1.59. The lowest BCUT2D eigenvalue weighted by molar-refractivity contribution is -0.118. The maximum atomic E-state index is 11.0. The van der Waals surface area contributed by atoms with Crippen LogP contribution in [0.25, 0.3) is 0 Å². The van der Waals surface area contributed by atoms with Crippen LogP contribution in [0.4, 0.5) is 0 Å². The molecular formula is C12H14BrNO4. The lowest BCUT2D eigenvalue weighted by Gasteiger charge is -2.09. The van der Waals surface area contributed by atoms with Crippen LogP contribution >= 0.6 is 15.9 Å². The van der Waals surface area contributed by atoms with Crippen molar-refractivity contribution in [2.75, 3.05) is 6.61 Å². The van der Waals surface area contributed by atoms with Gasteiger partial charge in [-0.05, 0) is 31.0 Å². The molecule has 0 saturated carbocycles. The SMILES string of the molecule is NC(=O)CCCCOc1cc(Br)ccc1C(=O)O. The highest BCUT2D eigenvalue weighted by Gasteiger charge is 2.11. The number of carboxylic acids is 1. The maximum Gasteiger partial charge on any atom is 0.339 e. The maximum absolute atomic E-state index is 11.0. The molecule has 6 heteroatoms. The number of benzene rings is 1.